The molecule has 256 valence electrons. The van der Waals surface area contributed by atoms with Gasteiger partial charge in [0, 0.05) is 68.0 Å². The Morgan fingerprint density at radius 3 is 1.96 bits per heavy atom. The highest BCUT2D eigenvalue weighted by atomic mass is 19.3. The summed E-state index contributed by atoms with van der Waals surface area (Å²) in [6, 6.07) is 19.9. The molecule has 1 fully saturated rings. The average molecular weight is 687 g/mol. The zero-order valence-corrected chi connectivity index (χ0v) is 26.6. The highest BCUT2D eigenvalue weighted by Crippen LogP contribution is 2.47. The average Bonchev–Trinajstić information content (AvgIpc) is 3.77. The number of hydrogen-bond acceptors (Lipinski definition) is 9. The molecule has 1 aliphatic rings. The highest BCUT2D eigenvalue weighted by molar-refractivity contribution is 5.66. The molecule has 1 atom stereocenters. The summed E-state index contributed by atoms with van der Waals surface area (Å²) in [7, 11) is 1.60. The second-order valence-electron chi connectivity index (χ2n) is 11.9. The molecule has 0 aliphatic carbocycles. The molecular formula is C34H30F4N10O2. The minimum Gasteiger partial charge on any atom is -0.377 e. The van der Waals surface area contributed by atoms with Crippen molar-refractivity contribution in [3.05, 3.63) is 131 Å². The third-order valence-corrected chi connectivity index (χ3v) is 8.93. The molecule has 3 aromatic carbocycles. The first-order chi connectivity index (χ1) is 24.0. The summed E-state index contributed by atoms with van der Waals surface area (Å²) in [6.45, 7) is 2.19. The number of hydrogen-bond donors (Lipinski definition) is 1. The second-order valence-corrected chi connectivity index (χ2v) is 11.9. The van der Waals surface area contributed by atoms with Crippen LogP contribution in [0.3, 0.4) is 0 Å². The van der Waals surface area contributed by atoms with Crippen molar-refractivity contribution in [1.82, 2.24) is 39.5 Å². The quantitative estimate of drug-likeness (QED) is 0.226. The van der Waals surface area contributed by atoms with Crippen molar-refractivity contribution in [2.24, 2.45) is 7.05 Å². The maximum Gasteiger partial charge on any atom is 0.350 e. The first-order valence-electron chi connectivity index (χ1n) is 15.6. The molecule has 0 saturated carbocycles. The van der Waals surface area contributed by atoms with Crippen molar-refractivity contribution in [3.8, 4) is 16.8 Å². The van der Waals surface area contributed by atoms with E-state index in [-0.39, 0.29) is 5.69 Å². The summed E-state index contributed by atoms with van der Waals surface area (Å²) in [4.78, 5) is 20.7. The van der Waals surface area contributed by atoms with Gasteiger partial charge in [0.15, 0.2) is 5.60 Å². The summed E-state index contributed by atoms with van der Waals surface area (Å²) < 4.78 is 64.3. The maximum absolute atomic E-state index is 16.1. The van der Waals surface area contributed by atoms with E-state index in [4.69, 9.17) is 0 Å². The molecule has 50 heavy (non-hydrogen) atoms. The normalized spacial score (nSPS) is 14.9. The number of alkyl halides is 2. The van der Waals surface area contributed by atoms with Crippen LogP contribution in [0.5, 0.6) is 0 Å². The minimum atomic E-state index is -4.15. The van der Waals surface area contributed by atoms with Crippen LogP contribution in [-0.4, -0.2) is 70.8 Å². The molecule has 6 aromatic rings. The van der Waals surface area contributed by atoms with Gasteiger partial charge in [0.2, 0.25) is 0 Å². The van der Waals surface area contributed by atoms with Crippen LogP contribution in [0.2, 0.25) is 0 Å². The van der Waals surface area contributed by atoms with Gasteiger partial charge in [-0.1, -0.05) is 18.2 Å². The van der Waals surface area contributed by atoms with E-state index in [0.717, 1.165) is 78.0 Å². The van der Waals surface area contributed by atoms with Crippen molar-refractivity contribution >= 4 is 11.4 Å². The molecule has 0 unspecified atom stereocenters. The van der Waals surface area contributed by atoms with Crippen LogP contribution in [0.4, 0.5) is 28.9 Å². The molecule has 0 amide bonds. The van der Waals surface area contributed by atoms with Crippen LogP contribution in [0, 0.1) is 11.6 Å². The van der Waals surface area contributed by atoms with Gasteiger partial charge in [0.25, 0.3) is 0 Å². The highest BCUT2D eigenvalue weighted by Gasteiger charge is 2.58. The van der Waals surface area contributed by atoms with Crippen molar-refractivity contribution in [2.75, 3.05) is 36.0 Å². The zero-order chi connectivity index (χ0) is 35.0. The lowest BCUT2D eigenvalue weighted by molar-refractivity contribution is -0.207. The van der Waals surface area contributed by atoms with E-state index in [2.05, 4.69) is 35.4 Å². The zero-order valence-electron chi connectivity index (χ0n) is 26.6. The number of benzene rings is 3. The summed E-state index contributed by atoms with van der Waals surface area (Å²) in [5, 5.41) is 25.7. The van der Waals surface area contributed by atoms with Gasteiger partial charge in [0.1, 0.15) is 30.0 Å². The lowest BCUT2D eigenvalue weighted by atomic mass is 9.84. The number of tetrazole rings is 1. The Bertz CT molecular complexity index is 2150. The molecule has 1 N–H and O–H groups in total. The first-order valence-corrected chi connectivity index (χ1v) is 15.6. The van der Waals surface area contributed by atoms with E-state index in [0.29, 0.717) is 11.6 Å². The van der Waals surface area contributed by atoms with Gasteiger partial charge >= 0.3 is 11.6 Å². The molecule has 0 bridgehead atoms. The van der Waals surface area contributed by atoms with Crippen LogP contribution < -0.4 is 15.5 Å². The first kappa shape index (κ1) is 32.6. The fourth-order valence-corrected chi connectivity index (χ4v) is 6.10. The number of piperazine rings is 1. The summed E-state index contributed by atoms with van der Waals surface area (Å²) in [6.07, 6.45) is 3.75. The van der Waals surface area contributed by atoms with Crippen molar-refractivity contribution in [3.63, 3.8) is 0 Å². The van der Waals surface area contributed by atoms with Crippen LogP contribution in [0.25, 0.3) is 16.8 Å². The Hall–Kier alpha value is -5.90. The molecule has 1 saturated heterocycles. The molecule has 0 spiro atoms. The largest absolute Gasteiger partial charge is 0.377 e. The summed E-state index contributed by atoms with van der Waals surface area (Å²) in [5.74, 6) is -6.49. The Morgan fingerprint density at radius 1 is 0.800 bits per heavy atom. The molecule has 0 radical (unpaired) electrons. The fraction of sp³-hybridized carbons (Fsp3) is 0.235. The van der Waals surface area contributed by atoms with Gasteiger partial charge in [-0.2, -0.15) is 13.9 Å². The number of aryl methyl sites for hydroxylation is 1. The van der Waals surface area contributed by atoms with Crippen LogP contribution in [-0.2, 0) is 25.1 Å². The van der Waals surface area contributed by atoms with Crippen LogP contribution >= 0.6 is 0 Å². The minimum absolute atomic E-state index is 0.213. The number of aromatic nitrogens is 8. The molecule has 4 heterocycles. The second kappa shape index (κ2) is 12.9. The molecule has 12 nitrogen and oxygen atoms in total. The Morgan fingerprint density at radius 2 is 1.42 bits per heavy atom. The summed E-state index contributed by atoms with van der Waals surface area (Å²) >= 11 is 0. The maximum atomic E-state index is 16.1. The third kappa shape index (κ3) is 5.97. The predicted molar refractivity (Wildman–Crippen MR) is 175 cm³/mol. The van der Waals surface area contributed by atoms with Crippen LogP contribution in [0.15, 0.2) is 103 Å². The van der Waals surface area contributed by atoms with E-state index in [1.807, 2.05) is 48.5 Å². The van der Waals surface area contributed by atoms with E-state index < -0.39 is 41.0 Å². The van der Waals surface area contributed by atoms with Crippen molar-refractivity contribution in [1.29, 1.82) is 0 Å². The van der Waals surface area contributed by atoms with Gasteiger partial charge < -0.3 is 14.9 Å². The van der Waals surface area contributed by atoms with Crippen molar-refractivity contribution in [2.45, 2.75) is 18.1 Å². The standard InChI is InChI=1S/C34H30F4N10O2/c1-44-32(49)48(22-41-44)28-10-8-27(9-11-28)46-16-14-45(15-17-46)26-6-2-23(3-7-26)24-4-13-31(39-19-24)34(37,38)33(50,20-47-21-40-42-43-47)29-12-5-25(35)18-30(29)36/h2-13,18-19,21-22,50H,14-17,20H2,1H3/t33-/m0/s1. The van der Waals surface area contributed by atoms with E-state index >= 15 is 8.78 Å². The Labute approximate surface area is 282 Å². The van der Waals surface area contributed by atoms with Gasteiger partial charge in [0.05, 0.1) is 12.2 Å². The molecule has 7 rings (SSSR count). The molecule has 1 aliphatic heterocycles. The van der Waals surface area contributed by atoms with Gasteiger partial charge in [-0.25, -0.2) is 27.5 Å². The van der Waals surface area contributed by atoms with E-state index in [1.165, 1.54) is 27.8 Å². The van der Waals surface area contributed by atoms with Crippen LogP contribution in [0.1, 0.15) is 11.3 Å². The predicted octanol–water partition coefficient (Wildman–Crippen LogP) is 3.90. The molecule has 3 aromatic heterocycles. The smallest absolute Gasteiger partial charge is 0.350 e. The number of pyridine rings is 1. The molecular weight excluding hydrogens is 656 g/mol. The number of rotatable bonds is 9. The topological polar surface area (TPSA) is 123 Å². The van der Waals surface area contributed by atoms with Gasteiger partial charge in [-0.15, -0.1) is 5.10 Å². The lowest BCUT2D eigenvalue weighted by Crippen LogP contribution is -2.48. The monoisotopic (exact) mass is 686 g/mol. The Kier molecular flexibility index (Phi) is 8.39. The SMILES string of the molecule is Cn1ncn(-c2ccc(N3CCN(c4ccc(-c5ccc(C(F)(F)[C@](O)(Cn6cnnn6)c6ccc(F)cc6F)nc5)cc4)CC3)cc2)c1=O. The number of anilines is 2. The number of nitrogens with zero attached hydrogens (tertiary/aromatic N) is 10. The van der Waals surface area contributed by atoms with E-state index in [1.54, 1.807) is 7.05 Å². The number of halogens is 4. The van der Waals surface area contributed by atoms with Gasteiger partial charge in [-0.05, 0) is 70.6 Å². The fourth-order valence-electron chi connectivity index (χ4n) is 6.10. The third-order valence-electron chi connectivity index (χ3n) is 8.93. The van der Waals surface area contributed by atoms with Crippen molar-refractivity contribution < 1.29 is 22.7 Å². The van der Waals surface area contributed by atoms with Gasteiger partial charge in [-0.3, -0.25) is 4.98 Å². The lowest BCUT2D eigenvalue weighted by Gasteiger charge is -2.37. The molecule has 16 heteroatoms. The number of aliphatic hydroxyl groups is 1. The Balaban J connectivity index is 1.03. The van der Waals surface area contributed by atoms with E-state index in [9.17, 15) is 18.7 Å². The summed E-state index contributed by atoms with van der Waals surface area (Å²) in [5.41, 5.74) is -1.00.